The number of nitrogens with one attached hydrogen (secondary N) is 1. The van der Waals surface area contributed by atoms with Crippen molar-refractivity contribution in [3.8, 4) is 0 Å². The summed E-state index contributed by atoms with van der Waals surface area (Å²) in [7, 11) is 0. The van der Waals surface area contributed by atoms with E-state index < -0.39 is 5.97 Å². The molecule has 6 heteroatoms. The molecule has 2 heterocycles. The van der Waals surface area contributed by atoms with Crippen molar-refractivity contribution < 1.29 is 14.7 Å². The van der Waals surface area contributed by atoms with E-state index in [4.69, 9.17) is 5.11 Å². The molecule has 0 radical (unpaired) electrons. The van der Waals surface area contributed by atoms with Crippen molar-refractivity contribution in [3.05, 3.63) is 58.1 Å². The molecule has 0 bridgehead atoms. The summed E-state index contributed by atoms with van der Waals surface area (Å²) in [5, 5.41) is 15.3. The van der Waals surface area contributed by atoms with Crippen LogP contribution in [-0.4, -0.2) is 22.0 Å². The molecule has 0 saturated carbocycles. The highest BCUT2D eigenvalue weighted by molar-refractivity contribution is 7.07. The monoisotopic (exact) mass is 288 g/mol. The largest absolute Gasteiger partial charge is 0.478 e. The van der Waals surface area contributed by atoms with Gasteiger partial charge in [-0.15, -0.1) is 0 Å². The van der Waals surface area contributed by atoms with Gasteiger partial charge in [0, 0.05) is 24.4 Å². The zero-order valence-corrected chi connectivity index (χ0v) is 11.3. The van der Waals surface area contributed by atoms with Gasteiger partial charge < -0.3 is 10.4 Å². The molecule has 0 spiro atoms. The number of carbonyl (C=O) groups excluding carboxylic acids is 1. The second-order valence-corrected chi connectivity index (χ2v) is 4.71. The third-order valence-corrected chi connectivity index (χ3v) is 3.22. The number of hydrogen-bond acceptors (Lipinski definition) is 4. The Morgan fingerprint density at radius 2 is 2.25 bits per heavy atom. The highest BCUT2D eigenvalue weighted by Gasteiger charge is 2.10. The molecule has 0 fully saturated rings. The predicted octanol–water partition coefficient (Wildman–Crippen LogP) is 2.17. The second kappa shape index (κ2) is 6.63. The predicted molar refractivity (Wildman–Crippen MR) is 76.4 cm³/mol. The zero-order chi connectivity index (χ0) is 14.4. The summed E-state index contributed by atoms with van der Waals surface area (Å²) in [6.45, 7) is 0.418. The first-order valence-corrected chi connectivity index (χ1v) is 6.76. The Hall–Kier alpha value is -2.47. The minimum Gasteiger partial charge on any atom is -0.478 e. The summed E-state index contributed by atoms with van der Waals surface area (Å²) in [6, 6.07) is 5.22. The van der Waals surface area contributed by atoms with Crippen molar-refractivity contribution >= 4 is 29.3 Å². The summed E-state index contributed by atoms with van der Waals surface area (Å²) in [6.07, 6.45) is 3.83. The number of carboxylic acids is 1. The zero-order valence-electron chi connectivity index (χ0n) is 10.4. The minimum absolute atomic E-state index is 0.209. The van der Waals surface area contributed by atoms with E-state index in [2.05, 4.69) is 10.3 Å². The van der Waals surface area contributed by atoms with Crippen molar-refractivity contribution in [1.82, 2.24) is 10.3 Å². The number of pyridine rings is 1. The molecule has 2 rings (SSSR count). The van der Waals surface area contributed by atoms with Crippen molar-refractivity contribution in [2.45, 2.75) is 6.54 Å². The Morgan fingerprint density at radius 3 is 2.95 bits per heavy atom. The van der Waals surface area contributed by atoms with Crippen LogP contribution in [0.1, 0.15) is 21.6 Å². The van der Waals surface area contributed by atoms with E-state index in [0.717, 1.165) is 11.6 Å². The molecular weight excluding hydrogens is 276 g/mol. The topological polar surface area (TPSA) is 79.3 Å². The molecule has 0 unspecified atom stereocenters. The lowest BCUT2D eigenvalue weighted by Crippen LogP contribution is -2.24. The summed E-state index contributed by atoms with van der Waals surface area (Å²) >= 11 is 1.56. The van der Waals surface area contributed by atoms with Crippen LogP contribution >= 0.6 is 11.3 Å². The van der Waals surface area contributed by atoms with Crippen molar-refractivity contribution in [3.63, 3.8) is 0 Å². The maximum Gasteiger partial charge on any atom is 0.328 e. The molecule has 0 saturated heterocycles. The van der Waals surface area contributed by atoms with Crippen molar-refractivity contribution in [1.29, 1.82) is 0 Å². The third kappa shape index (κ3) is 3.76. The Balaban J connectivity index is 2.11. The van der Waals surface area contributed by atoms with E-state index in [0.29, 0.717) is 12.1 Å². The molecule has 0 aliphatic rings. The van der Waals surface area contributed by atoms with Crippen LogP contribution in [-0.2, 0) is 11.3 Å². The van der Waals surface area contributed by atoms with Crippen LogP contribution < -0.4 is 5.32 Å². The second-order valence-electron chi connectivity index (χ2n) is 3.93. The van der Waals surface area contributed by atoms with Crippen LogP contribution in [0.3, 0.4) is 0 Å². The van der Waals surface area contributed by atoms with Gasteiger partial charge in [-0.05, 0) is 34.5 Å². The van der Waals surface area contributed by atoms with Crippen LogP contribution in [0.2, 0.25) is 0 Å². The minimum atomic E-state index is -1.07. The first-order valence-electron chi connectivity index (χ1n) is 5.82. The number of amides is 1. The molecule has 5 nitrogen and oxygen atoms in total. The number of aliphatic carboxylic acids is 1. The standard InChI is InChI=1S/C14H12N2O3S/c17-12(18)4-3-11-2-1-6-15-13(11)14(19)16-8-10-5-7-20-9-10/h1-7,9H,8H2,(H,16,19)(H,17,18)/b4-3+. The fraction of sp³-hybridized carbons (Fsp3) is 0.0714. The van der Waals surface area contributed by atoms with Crippen molar-refractivity contribution in [2.24, 2.45) is 0 Å². The number of hydrogen-bond donors (Lipinski definition) is 2. The average molecular weight is 288 g/mol. The Labute approximate surface area is 119 Å². The third-order valence-electron chi connectivity index (χ3n) is 2.49. The molecule has 20 heavy (non-hydrogen) atoms. The van der Waals surface area contributed by atoms with Crippen molar-refractivity contribution in [2.75, 3.05) is 0 Å². The van der Waals surface area contributed by atoms with E-state index in [1.165, 1.54) is 12.3 Å². The van der Waals surface area contributed by atoms with Crippen LogP contribution in [0.5, 0.6) is 0 Å². The van der Waals surface area contributed by atoms with E-state index in [1.807, 2.05) is 16.8 Å². The Kier molecular flexibility index (Phi) is 4.62. The number of rotatable bonds is 5. The highest BCUT2D eigenvalue weighted by Crippen LogP contribution is 2.09. The molecule has 0 atom stereocenters. The van der Waals surface area contributed by atoms with Crippen LogP contribution in [0, 0.1) is 0 Å². The molecule has 1 amide bonds. The van der Waals surface area contributed by atoms with Gasteiger partial charge in [0.2, 0.25) is 0 Å². The summed E-state index contributed by atoms with van der Waals surface area (Å²) < 4.78 is 0. The SMILES string of the molecule is O=C(O)/C=C/c1cccnc1C(=O)NCc1ccsc1. The van der Waals surface area contributed by atoms with E-state index in [1.54, 1.807) is 23.5 Å². The first kappa shape index (κ1) is 14.0. The van der Waals surface area contributed by atoms with Crippen LogP contribution in [0.4, 0.5) is 0 Å². The maximum absolute atomic E-state index is 12.1. The van der Waals surface area contributed by atoms with Crippen LogP contribution in [0.25, 0.3) is 6.08 Å². The quantitative estimate of drug-likeness (QED) is 0.826. The molecule has 2 N–H and O–H groups in total. The van der Waals surface area contributed by atoms with Gasteiger partial charge in [0.15, 0.2) is 0 Å². The Morgan fingerprint density at radius 1 is 1.40 bits per heavy atom. The molecule has 0 aliphatic carbocycles. The van der Waals surface area contributed by atoms with Gasteiger partial charge in [-0.1, -0.05) is 6.07 Å². The first-order chi connectivity index (χ1) is 9.66. The van der Waals surface area contributed by atoms with E-state index in [-0.39, 0.29) is 11.6 Å². The Bertz CT molecular complexity index is 636. The lowest BCUT2D eigenvalue weighted by Gasteiger charge is -2.05. The molecule has 0 aliphatic heterocycles. The molecular formula is C14H12N2O3S. The van der Waals surface area contributed by atoms with Gasteiger partial charge >= 0.3 is 5.97 Å². The summed E-state index contributed by atoms with van der Waals surface area (Å²) in [5.74, 6) is -1.40. The average Bonchev–Trinajstić information content (AvgIpc) is 2.96. The highest BCUT2D eigenvalue weighted by atomic mass is 32.1. The fourth-order valence-electron chi connectivity index (χ4n) is 1.56. The fourth-order valence-corrected chi connectivity index (χ4v) is 2.23. The lowest BCUT2D eigenvalue weighted by molar-refractivity contribution is -0.131. The molecule has 2 aromatic heterocycles. The number of carboxylic acid groups (broad SMARTS) is 1. The van der Waals surface area contributed by atoms with Gasteiger partial charge in [-0.3, -0.25) is 9.78 Å². The number of aromatic nitrogens is 1. The van der Waals surface area contributed by atoms with Gasteiger partial charge in [-0.2, -0.15) is 11.3 Å². The normalized spacial score (nSPS) is 10.6. The van der Waals surface area contributed by atoms with Crippen LogP contribution in [0.15, 0.2) is 41.2 Å². The smallest absolute Gasteiger partial charge is 0.328 e. The van der Waals surface area contributed by atoms with E-state index >= 15 is 0 Å². The number of thiophene rings is 1. The maximum atomic E-state index is 12.1. The molecule has 0 aromatic carbocycles. The van der Waals surface area contributed by atoms with Gasteiger partial charge in [0.25, 0.3) is 5.91 Å². The van der Waals surface area contributed by atoms with Gasteiger partial charge in [-0.25, -0.2) is 4.79 Å². The lowest BCUT2D eigenvalue weighted by atomic mass is 10.1. The van der Waals surface area contributed by atoms with Gasteiger partial charge in [0.1, 0.15) is 5.69 Å². The molecule has 102 valence electrons. The summed E-state index contributed by atoms with van der Waals surface area (Å²) in [4.78, 5) is 26.6. The van der Waals surface area contributed by atoms with Gasteiger partial charge in [0.05, 0.1) is 0 Å². The number of nitrogens with zero attached hydrogens (tertiary/aromatic N) is 1. The summed E-state index contributed by atoms with van der Waals surface area (Å²) in [5.41, 5.74) is 1.69. The number of carbonyl (C=O) groups is 2. The molecule has 2 aromatic rings. The van der Waals surface area contributed by atoms with E-state index in [9.17, 15) is 9.59 Å².